The summed E-state index contributed by atoms with van der Waals surface area (Å²) in [6.07, 6.45) is 0. The van der Waals surface area contributed by atoms with Crippen LogP contribution in [0, 0.1) is 5.82 Å². The van der Waals surface area contributed by atoms with Gasteiger partial charge in [0.15, 0.2) is 5.84 Å². The second kappa shape index (κ2) is 6.51. The van der Waals surface area contributed by atoms with Crippen molar-refractivity contribution in [2.75, 3.05) is 13.6 Å². The van der Waals surface area contributed by atoms with Gasteiger partial charge in [-0.1, -0.05) is 35.9 Å². The number of hydrazone groups is 1. The van der Waals surface area contributed by atoms with Crippen molar-refractivity contribution in [3.63, 3.8) is 0 Å². The maximum absolute atomic E-state index is 13.4. The molecule has 8 heteroatoms. The Balaban J connectivity index is 2.01. The Hall–Kier alpha value is -3.19. The quantitative estimate of drug-likeness (QED) is 0.865. The fraction of sp³-hybridized carbons (Fsp3) is 0.105. The van der Waals surface area contributed by atoms with E-state index in [4.69, 9.17) is 11.6 Å². The van der Waals surface area contributed by atoms with Crippen molar-refractivity contribution >= 4 is 40.4 Å². The van der Waals surface area contributed by atoms with E-state index < -0.39 is 0 Å². The van der Waals surface area contributed by atoms with E-state index in [1.54, 1.807) is 43.4 Å². The summed E-state index contributed by atoms with van der Waals surface area (Å²) in [4.78, 5) is 24.9. The zero-order valence-electron chi connectivity index (χ0n) is 14.2. The molecule has 0 fully saturated rings. The minimum Gasteiger partial charge on any atom is -0.271 e. The molecular weight excluding hydrogens is 371 g/mol. The molecule has 136 valence electrons. The number of rotatable bonds is 2. The van der Waals surface area contributed by atoms with Crippen LogP contribution < -0.4 is 5.43 Å². The van der Waals surface area contributed by atoms with E-state index in [9.17, 15) is 14.0 Å². The van der Waals surface area contributed by atoms with Crippen LogP contribution in [-0.4, -0.2) is 41.3 Å². The van der Waals surface area contributed by atoms with Crippen LogP contribution in [0.4, 0.5) is 4.39 Å². The smallest absolute Gasteiger partial charge is 0.271 e. The van der Waals surface area contributed by atoms with Gasteiger partial charge in [0.05, 0.1) is 5.57 Å². The number of halogens is 2. The van der Waals surface area contributed by atoms with Gasteiger partial charge in [-0.05, 0) is 35.4 Å². The lowest BCUT2D eigenvalue weighted by Gasteiger charge is -2.41. The Kier molecular flexibility index (Phi) is 4.16. The van der Waals surface area contributed by atoms with Crippen LogP contribution in [0.15, 0.2) is 53.6 Å². The molecule has 2 amide bonds. The lowest BCUT2D eigenvalue weighted by Crippen LogP contribution is -2.57. The van der Waals surface area contributed by atoms with Crippen LogP contribution >= 0.6 is 11.6 Å². The number of amides is 2. The van der Waals surface area contributed by atoms with Gasteiger partial charge in [0.25, 0.3) is 11.8 Å². The lowest BCUT2D eigenvalue weighted by molar-refractivity contribution is -0.137. The second-order valence-electron chi connectivity index (χ2n) is 6.12. The van der Waals surface area contributed by atoms with Gasteiger partial charge in [-0.3, -0.25) is 19.6 Å². The molecule has 2 heterocycles. The monoisotopic (exact) mass is 384 g/mol. The zero-order valence-corrected chi connectivity index (χ0v) is 15.0. The molecule has 0 saturated heterocycles. The van der Waals surface area contributed by atoms with E-state index in [0.29, 0.717) is 33.1 Å². The molecule has 2 aliphatic heterocycles. The molecule has 0 aromatic heterocycles. The first-order valence-corrected chi connectivity index (χ1v) is 8.52. The average molecular weight is 385 g/mol. The van der Waals surface area contributed by atoms with Crippen LogP contribution in [0.25, 0.3) is 11.1 Å². The van der Waals surface area contributed by atoms with E-state index in [0.717, 1.165) is 0 Å². The van der Waals surface area contributed by atoms with Gasteiger partial charge in [-0.25, -0.2) is 9.82 Å². The summed E-state index contributed by atoms with van der Waals surface area (Å²) < 4.78 is 13.4. The summed E-state index contributed by atoms with van der Waals surface area (Å²) in [5.41, 5.74) is 4.62. The van der Waals surface area contributed by atoms with Crippen LogP contribution in [0.2, 0.25) is 5.02 Å². The van der Waals surface area contributed by atoms with Crippen molar-refractivity contribution < 1.29 is 14.0 Å². The Bertz CT molecular complexity index is 999. The third-order valence-corrected chi connectivity index (χ3v) is 4.69. The number of likely N-dealkylation sites (N-methyl/N-ethyl adjacent to an activating group) is 1. The van der Waals surface area contributed by atoms with Crippen molar-refractivity contribution in [3.05, 3.63) is 70.5 Å². The summed E-state index contributed by atoms with van der Waals surface area (Å²) in [6.45, 7) is -0.0420. The molecule has 4 rings (SSSR count). The molecule has 0 bridgehead atoms. The van der Waals surface area contributed by atoms with Crippen LogP contribution in [0.1, 0.15) is 11.1 Å². The van der Waals surface area contributed by atoms with Gasteiger partial charge in [0.2, 0.25) is 0 Å². The molecule has 2 aliphatic rings. The molecule has 2 aromatic carbocycles. The van der Waals surface area contributed by atoms with E-state index in [2.05, 4.69) is 10.5 Å². The van der Waals surface area contributed by atoms with E-state index >= 15 is 0 Å². The topological polar surface area (TPSA) is 65.0 Å². The van der Waals surface area contributed by atoms with Crippen molar-refractivity contribution in [2.45, 2.75) is 0 Å². The summed E-state index contributed by atoms with van der Waals surface area (Å²) in [5, 5.41) is 7.56. The fourth-order valence-electron chi connectivity index (χ4n) is 3.12. The molecule has 0 spiro atoms. The first-order valence-electron chi connectivity index (χ1n) is 8.14. The first-order chi connectivity index (χ1) is 13.0. The predicted molar refractivity (Wildman–Crippen MR) is 99.7 cm³/mol. The molecule has 0 radical (unpaired) electrons. The van der Waals surface area contributed by atoms with Crippen LogP contribution in [0.5, 0.6) is 0 Å². The fourth-order valence-corrected chi connectivity index (χ4v) is 3.24. The van der Waals surface area contributed by atoms with Crippen molar-refractivity contribution in [2.24, 2.45) is 5.10 Å². The molecule has 0 atom stereocenters. The number of fused-ring (bicyclic) bond motifs is 1. The number of hydrazine groups is 1. The number of nitrogens with one attached hydrogen (secondary N) is 1. The lowest BCUT2D eigenvalue weighted by atomic mass is 9.91. The largest absolute Gasteiger partial charge is 0.273 e. The van der Waals surface area contributed by atoms with Gasteiger partial charge in [0.1, 0.15) is 12.4 Å². The molecule has 27 heavy (non-hydrogen) atoms. The van der Waals surface area contributed by atoms with E-state index in [1.807, 2.05) is 0 Å². The number of carbonyl (C=O) groups is 2. The number of benzene rings is 2. The summed E-state index contributed by atoms with van der Waals surface area (Å²) in [6, 6.07) is 12.7. The highest BCUT2D eigenvalue weighted by Gasteiger charge is 2.39. The number of hydrogen-bond donors (Lipinski definition) is 1. The number of hydrogen-bond acceptors (Lipinski definition) is 4. The Morgan fingerprint density at radius 2 is 1.59 bits per heavy atom. The van der Waals surface area contributed by atoms with Gasteiger partial charge in [-0.15, -0.1) is 0 Å². The van der Waals surface area contributed by atoms with Gasteiger partial charge in [-0.2, -0.15) is 5.10 Å². The third kappa shape index (κ3) is 2.96. The summed E-state index contributed by atoms with van der Waals surface area (Å²) in [5.74, 6) is -0.604. The molecule has 0 saturated carbocycles. The predicted octanol–water partition coefficient (Wildman–Crippen LogP) is 2.52. The zero-order chi connectivity index (χ0) is 19.1. The molecule has 2 aromatic rings. The first kappa shape index (κ1) is 17.2. The molecule has 1 N–H and O–H groups in total. The van der Waals surface area contributed by atoms with E-state index in [1.165, 1.54) is 22.2 Å². The Labute approximate surface area is 159 Å². The Morgan fingerprint density at radius 1 is 1.00 bits per heavy atom. The van der Waals surface area contributed by atoms with Crippen molar-refractivity contribution in [1.82, 2.24) is 15.4 Å². The second-order valence-corrected chi connectivity index (χ2v) is 6.56. The summed E-state index contributed by atoms with van der Waals surface area (Å²) in [7, 11) is 1.58. The van der Waals surface area contributed by atoms with Gasteiger partial charge in [0, 0.05) is 17.6 Å². The SMILES string of the molecule is CN1C(=O)C(c2ccc(Cl)cc2)=C(c2ccc(F)cc2)C2=NNC(=O)CN21. The maximum Gasteiger partial charge on any atom is 0.273 e. The number of carbonyl (C=O) groups excluding carboxylic acids is 2. The highest BCUT2D eigenvalue weighted by atomic mass is 35.5. The maximum atomic E-state index is 13.4. The van der Waals surface area contributed by atoms with Gasteiger partial charge < -0.3 is 0 Å². The highest BCUT2D eigenvalue weighted by molar-refractivity contribution is 6.43. The van der Waals surface area contributed by atoms with Crippen molar-refractivity contribution in [1.29, 1.82) is 0 Å². The van der Waals surface area contributed by atoms with Gasteiger partial charge >= 0.3 is 0 Å². The average Bonchev–Trinajstić information content (AvgIpc) is 2.66. The normalized spacial score (nSPS) is 16.9. The minimum absolute atomic E-state index is 0.0420. The number of nitrogens with zero attached hydrogens (tertiary/aromatic N) is 3. The number of amidine groups is 1. The molecule has 0 aliphatic carbocycles. The third-order valence-electron chi connectivity index (χ3n) is 4.43. The highest BCUT2D eigenvalue weighted by Crippen LogP contribution is 2.35. The molecular formula is C19H14ClFN4O2. The minimum atomic E-state index is -0.387. The van der Waals surface area contributed by atoms with E-state index in [-0.39, 0.29) is 24.2 Å². The van der Waals surface area contributed by atoms with Crippen LogP contribution in [0.3, 0.4) is 0 Å². The standard InChI is InChI=1S/C19H14ClFN4O2/c1-24-19(27)17(12-2-6-13(20)7-3-12)16(11-4-8-14(21)9-5-11)18-23-22-15(26)10-25(18)24/h2-9H,10H2,1H3,(H,22,26). The van der Waals surface area contributed by atoms with Crippen LogP contribution in [-0.2, 0) is 9.59 Å². The molecule has 0 unspecified atom stereocenters. The van der Waals surface area contributed by atoms with Crippen molar-refractivity contribution in [3.8, 4) is 0 Å². The summed E-state index contributed by atoms with van der Waals surface area (Å²) >= 11 is 5.98. The Morgan fingerprint density at radius 3 is 2.26 bits per heavy atom. The molecule has 6 nitrogen and oxygen atoms in total.